The van der Waals surface area contributed by atoms with Crippen molar-refractivity contribution in [3.05, 3.63) is 0 Å². The van der Waals surface area contributed by atoms with E-state index < -0.39 is 19.0 Å². The Labute approximate surface area is 69.5 Å². The zero-order valence-electron chi connectivity index (χ0n) is 6.65. The molecule has 1 aliphatic carbocycles. The van der Waals surface area contributed by atoms with Crippen molar-refractivity contribution in [2.75, 3.05) is 6.54 Å². The Bertz CT molecular complexity index is 159. The third kappa shape index (κ3) is 3.02. The van der Waals surface area contributed by atoms with Gasteiger partial charge in [0.15, 0.2) is 0 Å². The maximum absolute atomic E-state index is 11.6. The van der Waals surface area contributed by atoms with Crippen molar-refractivity contribution >= 4 is 6.03 Å². The highest BCUT2D eigenvalue weighted by Gasteiger charge is 2.19. The van der Waals surface area contributed by atoms with Gasteiger partial charge in [-0.05, 0) is 19.3 Å². The van der Waals surface area contributed by atoms with Gasteiger partial charge >= 0.3 is 6.03 Å². The first kappa shape index (κ1) is 9.22. The van der Waals surface area contributed by atoms with E-state index in [0.29, 0.717) is 0 Å². The number of nitrogens with one attached hydrogen (secondary N) is 2. The molecule has 1 aliphatic rings. The Hall–Kier alpha value is -0.870. The van der Waals surface area contributed by atoms with Gasteiger partial charge in [-0.25, -0.2) is 13.6 Å². The van der Waals surface area contributed by atoms with Crippen LogP contribution in [0.15, 0.2) is 0 Å². The van der Waals surface area contributed by atoms with Crippen LogP contribution in [-0.4, -0.2) is 25.0 Å². The fourth-order valence-corrected chi connectivity index (χ4v) is 0.959. The van der Waals surface area contributed by atoms with Crippen LogP contribution in [0.4, 0.5) is 13.6 Å². The standard InChI is InChI=1S/C7H12F2N2O/c8-6(9)4-10-7(12)11-5-2-1-3-5/h5-6H,1-4H2,(H2,10,11,12). The molecule has 0 aliphatic heterocycles. The van der Waals surface area contributed by atoms with Gasteiger partial charge in [-0.3, -0.25) is 0 Å². The highest BCUT2D eigenvalue weighted by atomic mass is 19.3. The van der Waals surface area contributed by atoms with Gasteiger partial charge in [0.25, 0.3) is 6.43 Å². The molecule has 12 heavy (non-hydrogen) atoms. The lowest BCUT2D eigenvalue weighted by Gasteiger charge is -2.26. The minimum absolute atomic E-state index is 0.197. The van der Waals surface area contributed by atoms with Crippen LogP contribution in [0.25, 0.3) is 0 Å². The Morgan fingerprint density at radius 1 is 1.50 bits per heavy atom. The van der Waals surface area contributed by atoms with E-state index in [9.17, 15) is 13.6 Å². The zero-order chi connectivity index (χ0) is 8.97. The van der Waals surface area contributed by atoms with Crippen LogP contribution in [0, 0.1) is 0 Å². The van der Waals surface area contributed by atoms with Crippen LogP contribution in [0.3, 0.4) is 0 Å². The SMILES string of the molecule is O=C(NCC(F)F)NC1CCC1. The molecule has 5 heteroatoms. The van der Waals surface area contributed by atoms with E-state index in [1.165, 1.54) is 0 Å². The third-order valence-corrected chi connectivity index (χ3v) is 1.86. The van der Waals surface area contributed by atoms with Gasteiger partial charge in [0.05, 0.1) is 6.54 Å². The molecule has 0 saturated heterocycles. The molecular weight excluding hydrogens is 166 g/mol. The lowest BCUT2D eigenvalue weighted by Crippen LogP contribution is -2.46. The Balaban J connectivity index is 2.03. The topological polar surface area (TPSA) is 41.1 Å². The number of hydrogen-bond acceptors (Lipinski definition) is 1. The predicted octanol–water partition coefficient (Wildman–Crippen LogP) is 1.10. The number of halogens is 2. The molecular formula is C7H12F2N2O. The number of urea groups is 1. The number of carbonyl (C=O) groups excluding carboxylic acids is 1. The molecule has 0 bridgehead atoms. The molecule has 0 aromatic rings. The van der Waals surface area contributed by atoms with Gasteiger partial charge in [-0.15, -0.1) is 0 Å². The maximum atomic E-state index is 11.6. The summed E-state index contributed by atoms with van der Waals surface area (Å²) in [4.78, 5) is 10.8. The Morgan fingerprint density at radius 2 is 2.17 bits per heavy atom. The van der Waals surface area contributed by atoms with Crippen LogP contribution in [0.5, 0.6) is 0 Å². The number of rotatable bonds is 3. The molecule has 0 radical (unpaired) electrons. The largest absolute Gasteiger partial charge is 0.335 e. The van der Waals surface area contributed by atoms with Crippen molar-refractivity contribution in [3.63, 3.8) is 0 Å². The zero-order valence-corrected chi connectivity index (χ0v) is 6.65. The average molecular weight is 178 g/mol. The van der Waals surface area contributed by atoms with E-state index in [1.54, 1.807) is 0 Å². The van der Waals surface area contributed by atoms with Gasteiger partial charge in [0.2, 0.25) is 0 Å². The maximum Gasteiger partial charge on any atom is 0.315 e. The molecule has 2 N–H and O–H groups in total. The van der Waals surface area contributed by atoms with Gasteiger partial charge < -0.3 is 10.6 Å². The van der Waals surface area contributed by atoms with Crippen molar-refractivity contribution in [2.45, 2.75) is 31.7 Å². The third-order valence-electron chi connectivity index (χ3n) is 1.86. The smallest absolute Gasteiger partial charge is 0.315 e. The molecule has 0 heterocycles. The molecule has 0 unspecified atom stereocenters. The normalized spacial score (nSPS) is 17.2. The molecule has 1 rings (SSSR count). The van der Waals surface area contributed by atoms with E-state index in [-0.39, 0.29) is 6.04 Å². The van der Waals surface area contributed by atoms with E-state index in [1.807, 2.05) is 0 Å². The molecule has 0 spiro atoms. The van der Waals surface area contributed by atoms with E-state index in [4.69, 9.17) is 0 Å². The second kappa shape index (κ2) is 4.23. The first-order valence-corrected chi connectivity index (χ1v) is 4.01. The van der Waals surface area contributed by atoms with Crippen LogP contribution in [0.2, 0.25) is 0 Å². The minimum atomic E-state index is -2.47. The number of amides is 2. The summed E-state index contributed by atoms with van der Waals surface area (Å²) < 4.78 is 23.2. The lowest BCUT2D eigenvalue weighted by molar-refractivity contribution is 0.145. The summed E-state index contributed by atoms with van der Waals surface area (Å²) >= 11 is 0. The first-order valence-electron chi connectivity index (χ1n) is 4.01. The van der Waals surface area contributed by atoms with E-state index in [2.05, 4.69) is 10.6 Å². The molecule has 3 nitrogen and oxygen atoms in total. The highest BCUT2D eigenvalue weighted by molar-refractivity contribution is 5.74. The Kier molecular flexibility index (Phi) is 3.25. The van der Waals surface area contributed by atoms with Crippen molar-refractivity contribution in [1.29, 1.82) is 0 Å². The van der Waals surface area contributed by atoms with Crippen molar-refractivity contribution < 1.29 is 13.6 Å². The van der Waals surface area contributed by atoms with E-state index >= 15 is 0 Å². The molecule has 70 valence electrons. The van der Waals surface area contributed by atoms with Crippen molar-refractivity contribution in [2.24, 2.45) is 0 Å². The van der Waals surface area contributed by atoms with Crippen molar-refractivity contribution in [3.8, 4) is 0 Å². The fourth-order valence-electron chi connectivity index (χ4n) is 0.959. The Morgan fingerprint density at radius 3 is 2.58 bits per heavy atom. The van der Waals surface area contributed by atoms with Crippen LogP contribution in [0.1, 0.15) is 19.3 Å². The van der Waals surface area contributed by atoms with E-state index in [0.717, 1.165) is 19.3 Å². The summed E-state index contributed by atoms with van der Waals surface area (Å²) in [6.07, 6.45) is 0.557. The summed E-state index contributed by atoms with van der Waals surface area (Å²) in [5.74, 6) is 0. The molecule has 1 saturated carbocycles. The number of carbonyl (C=O) groups is 1. The van der Waals surface area contributed by atoms with Gasteiger partial charge in [0.1, 0.15) is 0 Å². The van der Waals surface area contributed by atoms with Crippen LogP contribution >= 0.6 is 0 Å². The predicted molar refractivity (Wildman–Crippen MR) is 40.2 cm³/mol. The quantitative estimate of drug-likeness (QED) is 0.667. The summed E-state index contributed by atoms with van der Waals surface area (Å²) in [7, 11) is 0. The molecule has 0 aromatic heterocycles. The first-order chi connectivity index (χ1) is 5.68. The highest BCUT2D eigenvalue weighted by Crippen LogP contribution is 2.17. The van der Waals surface area contributed by atoms with Crippen LogP contribution in [-0.2, 0) is 0 Å². The second-order valence-corrected chi connectivity index (χ2v) is 2.87. The fraction of sp³-hybridized carbons (Fsp3) is 0.857. The summed E-state index contributed by atoms with van der Waals surface area (Å²) in [5, 5.41) is 4.67. The summed E-state index contributed by atoms with van der Waals surface area (Å²) in [6, 6.07) is -0.289. The molecule has 2 amide bonds. The number of alkyl halides is 2. The van der Waals surface area contributed by atoms with Crippen molar-refractivity contribution in [1.82, 2.24) is 10.6 Å². The lowest BCUT2D eigenvalue weighted by atomic mass is 9.93. The van der Waals surface area contributed by atoms with Gasteiger partial charge in [-0.2, -0.15) is 0 Å². The minimum Gasteiger partial charge on any atom is -0.335 e. The summed E-state index contributed by atoms with van der Waals surface area (Å²) in [6.45, 7) is -0.571. The second-order valence-electron chi connectivity index (χ2n) is 2.87. The summed E-state index contributed by atoms with van der Waals surface area (Å²) in [5.41, 5.74) is 0. The van der Waals surface area contributed by atoms with Gasteiger partial charge in [-0.1, -0.05) is 0 Å². The van der Waals surface area contributed by atoms with Gasteiger partial charge in [0, 0.05) is 6.04 Å². The van der Waals surface area contributed by atoms with Crippen LogP contribution < -0.4 is 10.6 Å². The molecule has 0 aromatic carbocycles. The monoisotopic (exact) mass is 178 g/mol. The molecule has 0 atom stereocenters. The average Bonchev–Trinajstić information content (AvgIpc) is 1.93. The molecule has 1 fully saturated rings. The number of hydrogen-bond donors (Lipinski definition) is 2.